The van der Waals surface area contributed by atoms with Crippen molar-refractivity contribution in [1.29, 1.82) is 0 Å². The molecule has 1 N–H and O–H groups in total. The van der Waals surface area contributed by atoms with Gasteiger partial charge in [0.1, 0.15) is 5.82 Å². The first kappa shape index (κ1) is 14.3. The molecule has 0 saturated carbocycles. The van der Waals surface area contributed by atoms with Crippen LogP contribution in [0.15, 0.2) is 30.5 Å². The Bertz CT molecular complexity index is 623. The van der Waals surface area contributed by atoms with E-state index in [1.165, 1.54) is 29.2 Å². The molecule has 1 fully saturated rings. The molecule has 1 aliphatic rings. The maximum atomic E-state index is 4.82. The molecule has 3 rings (SSSR count). The third-order valence-corrected chi connectivity index (χ3v) is 4.61. The fourth-order valence-electron chi connectivity index (χ4n) is 3.38. The number of pyridine rings is 1. The second-order valence-electron chi connectivity index (χ2n) is 6.37. The highest BCUT2D eigenvalue weighted by molar-refractivity contribution is 5.94. The molecular formula is C18H25N3. The van der Waals surface area contributed by atoms with Gasteiger partial charge in [0.2, 0.25) is 0 Å². The van der Waals surface area contributed by atoms with Crippen molar-refractivity contribution in [2.24, 2.45) is 5.92 Å². The minimum absolute atomic E-state index is 0.576. The van der Waals surface area contributed by atoms with Crippen LogP contribution in [0, 0.1) is 5.92 Å². The molecule has 0 aliphatic carbocycles. The van der Waals surface area contributed by atoms with Crippen molar-refractivity contribution in [2.45, 2.75) is 39.3 Å². The van der Waals surface area contributed by atoms with Crippen molar-refractivity contribution in [3.8, 4) is 0 Å². The van der Waals surface area contributed by atoms with Crippen molar-refractivity contribution in [3.63, 3.8) is 0 Å². The first-order valence-corrected chi connectivity index (χ1v) is 7.98. The van der Waals surface area contributed by atoms with Crippen LogP contribution in [0.1, 0.15) is 32.3 Å². The molecule has 1 aromatic carbocycles. The summed E-state index contributed by atoms with van der Waals surface area (Å²) in [7, 11) is 1.98. The Morgan fingerprint density at radius 2 is 1.95 bits per heavy atom. The second kappa shape index (κ2) is 6.02. The van der Waals surface area contributed by atoms with Crippen molar-refractivity contribution in [2.75, 3.05) is 18.5 Å². The van der Waals surface area contributed by atoms with Gasteiger partial charge < -0.3 is 10.2 Å². The molecule has 1 saturated heterocycles. The third-order valence-electron chi connectivity index (χ3n) is 4.61. The van der Waals surface area contributed by atoms with Gasteiger partial charge in [-0.05, 0) is 43.7 Å². The predicted molar refractivity (Wildman–Crippen MR) is 89.7 cm³/mol. The largest absolute Gasteiger partial charge is 0.353 e. The molecule has 112 valence electrons. The van der Waals surface area contributed by atoms with Gasteiger partial charge in [0.25, 0.3) is 0 Å². The SMILES string of the molecule is CNCc1cnc(N2CC(C)CCC2C)c2ccccc12. The first-order valence-electron chi connectivity index (χ1n) is 7.98. The highest BCUT2D eigenvalue weighted by Gasteiger charge is 2.25. The summed E-state index contributed by atoms with van der Waals surface area (Å²) < 4.78 is 0. The lowest BCUT2D eigenvalue weighted by molar-refractivity contribution is 0.389. The lowest BCUT2D eigenvalue weighted by Gasteiger charge is -2.38. The molecule has 1 aromatic heterocycles. The molecule has 0 bridgehead atoms. The Balaban J connectivity index is 2.08. The van der Waals surface area contributed by atoms with Crippen LogP contribution in [-0.2, 0) is 6.54 Å². The summed E-state index contributed by atoms with van der Waals surface area (Å²) in [5.74, 6) is 1.91. The number of fused-ring (bicyclic) bond motifs is 1. The molecular weight excluding hydrogens is 258 g/mol. The molecule has 0 radical (unpaired) electrons. The van der Waals surface area contributed by atoms with Gasteiger partial charge >= 0.3 is 0 Å². The normalized spacial score (nSPS) is 22.7. The Morgan fingerprint density at radius 1 is 1.19 bits per heavy atom. The van der Waals surface area contributed by atoms with E-state index in [9.17, 15) is 0 Å². The summed E-state index contributed by atoms with van der Waals surface area (Å²) in [6.07, 6.45) is 4.63. The number of anilines is 1. The molecule has 3 nitrogen and oxygen atoms in total. The number of nitrogens with one attached hydrogen (secondary N) is 1. The summed E-state index contributed by atoms with van der Waals surface area (Å²) in [6.45, 7) is 6.64. The highest BCUT2D eigenvalue weighted by Crippen LogP contribution is 2.32. The third kappa shape index (κ3) is 2.75. The quantitative estimate of drug-likeness (QED) is 0.933. The molecule has 2 atom stereocenters. The molecule has 0 spiro atoms. The summed E-state index contributed by atoms with van der Waals surface area (Å²) in [5.41, 5.74) is 1.27. The lowest BCUT2D eigenvalue weighted by atomic mass is 9.94. The number of aromatic nitrogens is 1. The van der Waals surface area contributed by atoms with E-state index in [2.05, 4.69) is 48.3 Å². The van der Waals surface area contributed by atoms with Gasteiger partial charge in [-0.25, -0.2) is 4.98 Å². The van der Waals surface area contributed by atoms with Crippen molar-refractivity contribution in [1.82, 2.24) is 10.3 Å². The fourth-order valence-corrected chi connectivity index (χ4v) is 3.38. The van der Waals surface area contributed by atoms with Crippen LogP contribution in [0.2, 0.25) is 0 Å². The van der Waals surface area contributed by atoms with E-state index in [-0.39, 0.29) is 0 Å². The molecule has 2 aromatic rings. The van der Waals surface area contributed by atoms with Crippen LogP contribution in [0.4, 0.5) is 5.82 Å². The summed E-state index contributed by atoms with van der Waals surface area (Å²) in [4.78, 5) is 7.32. The van der Waals surface area contributed by atoms with Crippen LogP contribution in [0.25, 0.3) is 10.8 Å². The van der Waals surface area contributed by atoms with E-state index in [1.54, 1.807) is 0 Å². The molecule has 3 heteroatoms. The Morgan fingerprint density at radius 3 is 2.71 bits per heavy atom. The minimum atomic E-state index is 0.576. The van der Waals surface area contributed by atoms with Crippen LogP contribution in [0.3, 0.4) is 0 Å². The van der Waals surface area contributed by atoms with E-state index >= 15 is 0 Å². The van der Waals surface area contributed by atoms with Gasteiger partial charge in [-0.3, -0.25) is 0 Å². The lowest BCUT2D eigenvalue weighted by Crippen LogP contribution is -2.41. The average Bonchev–Trinajstić information content (AvgIpc) is 2.51. The van der Waals surface area contributed by atoms with E-state index in [4.69, 9.17) is 4.98 Å². The zero-order valence-corrected chi connectivity index (χ0v) is 13.3. The number of piperidine rings is 1. The Hall–Kier alpha value is -1.61. The van der Waals surface area contributed by atoms with Crippen LogP contribution < -0.4 is 10.2 Å². The minimum Gasteiger partial charge on any atom is -0.353 e. The predicted octanol–water partition coefficient (Wildman–Crippen LogP) is 3.58. The van der Waals surface area contributed by atoms with Crippen LogP contribution >= 0.6 is 0 Å². The maximum absolute atomic E-state index is 4.82. The number of benzene rings is 1. The smallest absolute Gasteiger partial charge is 0.136 e. The van der Waals surface area contributed by atoms with Gasteiger partial charge in [-0.1, -0.05) is 31.2 Å². The summed E-state index contributed by atoms with van der Waals surface area (Å²) >= 11 is 0. The monoisotopic (exact) mass is 283 g/mol. The van der Waals surface area contributed by atoms with Crippen molar-refractivity contribution < 1.29 is 0 Å². The van der Waals surface area contributed by atoms with Crippen LogP contribution in [0.5, 0.6) is 0 Å². The van der Waals surface area contributed by atoms with Crippen molar-refractivity contribution in [3.05, 3.63) is 36.0 Å². The van der Waals surface area contributed by atoms with E-state index < -0.39 is 0 Å². The summed E-state index contributed by atoms with van der Waals surface area (Å²) in [6, 6.07) is 9.24. The van der Waals surface area contributed by atoms with E-state index in [1.807, 2.05) is 13.2 Å². The Labute approximate surface area is 127 Å². The average molecular weight is 283 g/mol. The molecule has 21 heavy (non-hydrogen) atoms. The van der Waals surface area contributed by atoms with Gasteiger partial charge in [0, 0.05) is 30.7 Å². The standard InChI is InChI=1S/C18H25N3/c1-13-8-9-14(2)21(12-13)18-17-7-5-4-6-16(17)15(10-19-3)11-20-18/h4-7,11,13-14,19H,8-10,12H2,1-3H3. The number of rotatable bonds is 3. The Kier molecular flexibility index (Phi) is 4.11. The first-order chi connectivity index (χ1) is 10.2. The second-order valence-corrected chi connectivity index (χ2v) is 6.37. The molecule has 1 aliphatic heterocycles. The van der Waals surface area contributed by atoms with Gasteiger partial charge in [0.05, 0.1) is 0 Å². The molecule has 2 unspecified atom stereocenters. The van der Waals surface area contributed by atoms with Gasteiger partial charge in [0.15, 0.2) is 0 Å². The van der Waals surface area contributed by atoms with E-state index in [0.29, 0.717) is 6.04 Å². The molecule has 0 amide bonds. The fraction of sp³-hybridized carbons (Fsp3) is 0.500. The van der Waals surface area contributed by atoms with Crippen LogP contribution in [-0.4, -0.2) is 24.6 Å². The molecule has 2 heterocycles. The number of hydrogen-bond acceptors (Lipinski definition) is 3. The van der Waals surface area contributed by atoms with Gasteiger partial charge in [-0.2, -0.15) is 0 Å². The zero-order valence-electron chi connectivity index (χ0n) is 13.3. The zero-order chi connectivity index (χ0) is 14.8. The van der Waals surface area contributed by atoms with Crippen molar-refractivity contribution >= 4 is 16.6 Å². The topological polar surface area (TPSA) is 28.2 Å². The highest BCUT2D eigenvalue weighted by atomic mass is 15.2. The summed E-state index contributed by atoms with van der Waals surface area (Å²) in [5, 5.41) is 5.84. The van der Waals surface area contributed by atoms with E-state index in [0.717, 1.165) is 24.8 Å². The van der Waals surface area contributed by atoms with Gasteiger partial charge in [-0.15, -0.1) is 0 Å². The number of hydrogen-bond donors (Lipinski definition) is 1. The number of nitrogens with zero attached hydrogens (tertiary/aromatic N) is 2. The maximum Gasteiger partial charge on any atom is 0.136 e.